The minimum Gasteiger partial charge on any atom is -0.497 e. The smallest absolute Gasteiger partial charge is 0.260 e. The summed E-state index contributed by atoms with van der Waals surface area (Å²) in [6, 6.07) is 16.1. The molecule has 4 rings (SSSR count). The molecular formula is C22H26N4O2. The van der Waals surface area contributed by atoms with Crippen LogP contribution in [0.2, 0.25) is 0 Å². The molecule has 3 aromatic rings. The van der Waals surface area contributed by atoms with Gasteiger partial charge in [0, 0.05) is 25.7 Å². The Kier molecular flexibility index (Phi) is 5.58. The molecule has 1 aliphatic heterocycles. The predicted molar refractivity (Wildman–Crippen MR) is 112 cm³/mol. The second kappa shape index (κ2) is 8.44. The van der Waals surface area contributed by atoms with Gasteiger partial charge in [-0.25, -0.2) is 4.98 Å². The first kappa shape index (κ1) is 18.5. The zero-order chi connectivity index (χ0) is 19.3. The lowest BCUT2D eigenvalue weighted by molar-refractivity contribution is 0.221. The number of rotatable bonds is 6. The van der Waals surface area contributed by atoms with Crippen LogP contribution >= 0.6 is 0 Å². The monoisotopic (exact) mass is 378 g/mol. The zero-order valence-corrected chi connectivity index (χ0v) is 16.1. The van der Waals surface area contributed by atoms with Gasteiger partial charge < -0.3 is 15.0 Å². The Bertz CT molecular complexity index is 976. The van der Waals surface area contributed by atoms with Crippen LogP contribution in [0.4, 0.5) is 5.95 Å². The number of likely N-dealkylation sites (tertiary alicyclic amines) is 1. The van der Waals surface area contributed by atoms with Gasteiger partial charge in [0.25, 0.3) is 5.56 Å². The van der Waals surface area contributed by atoms with Crippen LogP contribution in [0.1, 0.15) is 18.4 Å². The number of para-hydroxylation sites is 1. The molecule has 6 nitrogen and oxygen atoms in total. The summed E-state index contributed by atoms with van der Waals surface area (Å²) in [7, 11) is 1.69. The first-order chi connectivity index (χ1) is 13.7. The summed E-state index contributed by atoms with van der Waals surface area (Å²) in [5, 5.41) is 4.04. The minimum absolute atomic E-state index is 0.0926. The van der Waals surface area contributed by atoms with E-state index in [1.807, 2.05) is 30.3 Å². The zero-order valence-electron chi connectivity index (χ0n) is 16.1. The van der Waals surface area contributed by atoms with Crippen molar-refractivity contribution in [1.82, 2.24) is 14.9 Å². The summed E-state index contributed by atoms with van der Waals surface area (Å²) in [5.74, 6) is 1.47. The van der Waals surface area contributed by atoms with Crippen molar-refractivity contribution in [3.05, 3.63) is 64.4 Å². The fourth-order valence-corrected chi connectivity index (χ4v) is 3.73. The van der Waals surface area contributed by atoms with Crippen molar-refractivity contribution >= 4 is 16.9 Å². The number of aromatic amines is 1. The third kappa shape index (κ3) is 4.34. The van der Waals surface area contributed by atoms with Crippen molar-refractivity contribution in [1.29, 1.82) is 0 Å². The highest BCUT2D eigenvalue weighted by Crippen LogP contribution is 2.17. The van der Waals surface area contributed by atoms with Crippen LogP contribution < -0.4 is 15.6 Å². The maximum Gasteiger partial charge on any atom is 0.260 e. The first-order valence-electron chi connectivity index (χ1n) is 9.82. The highest BCUT2D eigenvalue weighted by Gasteiger charge is 2.19. The summed E-state index contributed by atoms with van der Waals surface area (Å²) in [6.07, 6.45) is 3.12. The second-order valence-electron chi connectivity index (χ2n) is 7.29. The molecule has 2 N–H and O–H groups in total. The number of hydrogen-bond acceptors (Lipinski definition) is 5. The van der Waals surface area contributed by atoms with Crippen molar-refractivity contribution < 1.29 is 4.74 Å². The van der Waals surface area contributed by atoms with E-state index in [1.54, 1.807) is 13.2 Å². The molecule has 2 aromatic carbocycles. The van der Waals surface area contributed by atoms with Crippen LogP contribution in [0.5, 0.6) is 5.75 Å². The third-order valence-corrected chi connectivity index (χ3v) is 5.42. The number of ether oxygens (including phenoxy) is 1. The molecule has 0 saturated carbocycles. The van der Waals surface area contributed by atoms with Crippen molar-refractivity contribution in [2.45, 2.75) is 25.3 Å². The highest BCUT2D eigenvalue weighted by molar-refractivity contribution is 5.78. The maximum atomic E-state index is 12.2. The van der Waals surface area contributed by atoms with Gasteiger partial charge >= 0.3 is 0 Å². The van der Waals surface area contributed by atoms with Crippen molar-refractivity contribution in [3.8, 4) is 5.75 Å². The molecule has 0 atom stereocenters. The van der Waals surface area contributed by atoms with E-state index >= 15 is 0 Å². The van der Waals surface area contributed by atoms with Gasteiger partial charge in [-0.2, -0.15) is 0 Å². The number of fused-ring (bicyclic) bond motifs is 1. The summed E-state index contributed by atoms with van der Waals surface area (Å²) in [6.45, 7) is 3.15. The standard InChI is InChI=1S/C22H26N4O2/c1-28-18-8-6-16(7-9-18)10-13-26-14-11-17(12-15-26)23-22-24-20-5-3-2-4-19(20)21(27)25-22/h2-9,17H,10-15H2,1H3,(H2,23,24,25,27). The molecule has 28 heavy (non-hydrogen) atoms. The summed E-state index contributed by atoms with van der Waals surface area (Å²) in [4.78, 5) is 22.1. The number of methoxy groups -OCH3 is 1. The van der Waals surface area contributed by atoms with E-state index in [1.165, 1.54) is 5.56 Å². The molecule has 6 heteroatoms. The predicted octanol–water partition coefficient (Wildman–Crippen LogP) is 3.05. The van der Waals surface area contributed by atoms with Gasteiger partial charge in [-0.1, -0.05) is 24.3 Å². The van der Waals surface area contributed by atoms with Crippen molar-refractivity contribution in [2.24, 2.45) is 0 Å². The molecule has 1 fully saturated rings. The van der Waals surface area contributed by atoms with E-state index in [2.05, 4.69) is 32.3 Å². The molecule has 0 spiro atoms. The van der Waals surface area contributed by atoms with Gasteiger partial charge in [0.2, 0.25) is 5.95 Å². The Labute approximate surface area is 164 Å². The Balaban J connectivity index is 1.29. The summed E-state index contributed by atoms with van der Waals surface area (Å²) < 4.78 is 5.21. The fourth-order valence-electron chi connectivity index (χ4n) is 3.73. The third-order valence-electron chi connectivity index (χ3n) is 5.42. The van der Waals surface area contributed by atoms with E-state index in [0.717, 1.165) is 50.2 Å². The van der Waals surface area contributed by atoms with Crippen LogP contribution in [0.25, 0.3) is 10.9 Å². The summed E-state index contributed by atoms with van der Waals surface area (Å²) >= 11 is 0. The molecule has 2 heterocycles. The fraction of sp³-hybridized carbons (Fsp3) is 0.364. The van der Waals surface area contributed by atoms with Crippen LogP contribution in [-0.4, -0.2) is 47.7 Å². The summed E-state index contributed by atoms with van der Waals surface area (Å²) in [5.41, 5.74) is 1.97. The molecule has 0 bridgehead atoms. The lowest BCUT2D eigenvalue weighted by atomic mass is 10.0. The van der Waals surface area contributed by atoms with E-state index in [-0.39, 0.29) is 5.56 Å². The molecule has 0 unspecified atom stereocenters. The number of aromatic nitrogens is 2. The van der Waals surface area contributed by atoms with Crippen molar-refractivity contribution in [2.75, 3.05) is 32.1 Å². The molecule has 146 valence electrons. The Morgan fingerprint density at radius 3 is 2.64 bits per heavy atom. The van der Waals surface area contributed by atoms with Gasteiger partial charge in [0.15, 0.2) is 0 Å². The van der Waals surface area contributed by atoms with Gasteiger partial charge in [-0.3, -0.25) is 9.78 Å². The first-order valence-corrected chi connectivity index (χ1v) is 9.82. The quantitative estimate of drug-likeness (QED) is 0.690. The highest BCUT2D eigenvalue weighted by atomic mass is 16.5. The van der Waals surface area contributed by atoms with E-state index < -0.39 is 0 Å². The number of H-pyrrole nitrogens is 1. The van der Waals surface area contributed by atoms with E-state index in [9.17, 15) is 4.79 Å². The van der Waals surface area contributed by atoms with Crippen LogP contribution in [0.3, 0.4) is 0 Å². The van der Waals surface area contributed by atoms with Crippen LogP contribution in [0, 0.1) is 0 Å². The molecule has 1 aliphatic rings. The molecule has 0 radical (unpaired) electrons. The second-order valence-corrected chi connectivity index (χ2v) is 7.29. The van der Waals surface area contributed by atoms with Gasteiger partial charge in [0.05, 0.1) is 18.0 Å². The molecular weight excluding hydrogens is 352 g/mol. The average molecular weight is 378 g/mol. The lowest BCUT2D eigenvalue weighted by Crippen LogP contribution is -2.40. The van der Waals surface area contributed by atoms with E-state index in [0.29, 0.717) is 17.4 Å². The average Bonchev–Trinajstić information content (AvgIpc) is 2.74. The maximum absolute atomic E-state index is 12.2. The van der Waals surface area contributed by atoms with Gasteiger partial charge in [0.1, 0.15) is 5.75 Å². The number of anilines is 1. The number of benzene rings is 2. The van der Waals surface area contributed by atoms with E-state index in [4.69, 9.17) is 4.74 Å². The van der Waals surface area contributed by atoms with Gasteiger partial charge in [-0.05, 0) is 49.1 Å². The molecule has 0 amide bonds. The molecule has 1 saturated heterocycles. The lowest BCUT2D eigenvalue weighted by Gasteiger charge is -2.32. The normalized spacial score (nSPS) is 15.6. The Hall–Kier alpha value is -2.86. The van der Waals surface area contributed by atoms with Crippen molar-refractivity contribution in [3.63, 3.8) is 0 Å². The number of nitrogens with one attached hydrogen (secondary N) is 2. The Morgan fingerprint density at radius 1 is 1.14 bits per heavy atom. The SMILES string of the molecule is COc1ccc(CCN2CCC(Nc3nc4ccccc4c(=O)[nH]3)CC2)cc1. The Morgan fingerprint density at radius 2 is 1.89 bits per heavy atom. The minimum atomic E-state index is -0.0926. The molecule has 0 aliphatic carbocycles. The topological polar surface area (TPSA) is 70.2 Å². The van der Waals surface area contributed by atoms with Crippen LogP contribution in [0.15, 0.2) is 53.3 Å². The number of nitrogens with zero attached hydrogens (tertiary/aromatic N) is 2. The van der Waals surface area contributed by atoms with Gasteiger partial charge in [-0.15, -0.1) is 0 Å². The largest absolute Gasteiger partial charge is 0.497 e. The molecule has 1 aromatic heterocycles. The van der Waals surface area contributed by atoms with Crippen LogP contribution in [-0.2, 0) is 6.42 Å². The number of hydrogen-bond donors (Lipinski definition) is 2. The number of piperidine rings is 1.